The van der Waals surface area contributed by atoms with E-state index in [-0.39, 0.29) is 20.8 Å². The molecular weight excluding hydrogens is 532 g/mol. The Bertz CT molecular complexity index is 1270. The molecule has 2 N–H and O–H groups in total. The van der Waals surface area contributed by atoms with Crippen molar-refractivity contribution in [3.8, 4) is 0 Å². The minimum atomic E-state index is -0.200. The maximum atomic E-state index is 13.9. The third kappa shape index (κ3) is 6.60. The third-order valence-corrected chi connectivity index (χ3v) is 7.23. The molecule has 1 heterocycles. The van der Waals surface area contributed by atoms with Crippen molar-refractivity contribution in [2.45, 2.75) is 32.9 Å². The number of rotatable bonds is 9. The molecule has 1 amide bonds. The quantitative estimate of drug-likeness (QED) is 0.221. The molecule has 0 fully saturated rings. The van der Waals surface area contributed by atoms with Crippen molar-refractivity contribution in [3.63, 3.8) is 0 Å². The SMILES string of the molecule is C.CN(C(=O)c1csc(=Nc2ccc(Br)cc2)n1CCCCN)C(c1ccccc1)c1ccccc1.[HH]. The molecule has 0 spiro atoms. The highest BCUT2D eigenvalue weighted by Gasteiger charge is 2.26. The standard InChI is InChI=1S/C28H29BrN4OS.CH4.H2/c1-32(26(21-10-4-2-5-11-21)22-12-6-3-7-13-22)27(34)25-20-35-28(33(25)19-9-8-18-30)31-24-16-14-23(29)15-17-24;;/h2-7,10-17,20,26H,8-9,18-19,30H2,1H3;1H4;1H. The summed E-state index contributed by atoms with van der Waals surface area (Å²) in [4.78, 5) is 21.4. The van der Waals surface area contributed by atoms with Crippen LogP contribution in [-0.2, 0) is 6.54 Å². The first-order valence-corrected chi connectivity index (χ1v) is 13.3. The Balaban J connectivity index is 0.00000241. The minimum absolute atomic E-state index is 0. The van der Waals surface area contributed by atoms with Crippen molar-refractivity contribution in [3.05, 3.63) is 116 Å². The molecule has 36 heavy (non-hydrogen) atoms. The zero-order chi connectivity index (χ0) is 24.6. The van der Waals surface area contributed by atoms with Crippen LogP contribution < -0.4 is 10.5 Å². The van der Waals surface area contributed by atoms with E-state index < -0.39 is 0 Å². The average Bonchev–Trinajstić information content (AvgIpc) is 3.28. The average molecular weight is 568 g/mol. The highest BCUT2D eigenvalue weighted by atomic mass is 79.9. The molecule has 0 saturated carbocycles. The van der Waals surface area contributed by atoms with Gasteiger partial charge in [0.2, 0.25) is 0 Å². The number of hydrogen-bond donors (Lipinski definition) is 1. The van der Waals surface area contributed by atoms with Crippen LogP contribution in [-0.4, -0.2) is 29.0 Å². The normalized spacial score (nSPS) is 11.4. The molecule has 0 saturated heterocycles. The molecule has 0 aliphatic rings. The maximum Gasteiger partial charge on any atom is 0.271 e. The molecule has 0 unspecified atom stereocenters. The van der Waals surface area contributed by atoms with Crippen LogP contribution in [0.15, 0.2) is 99.8 Å². The Morgan fingerprint density at radius 1 is 1.00 bits per heavy atom. The topological polar surface area (TPSA) is 63.6 Å². The van der Waals surface area contributed by atoms with Crippen LogP contribution in [0.2, 0.25) is 0 Å². The molecule has 5 nitrogen and oxygen atoms in total. The summed E-state index contributed by atoms with van der Waals surface area (Å²) in [5.74, 6) is -0.0380. The Labute approximate surface area is 227 Å². The summed E-state index contributed by atoms with van der Waals surface area (Å²) >= 11 is 4.96. The molecule has 0 radical (unpaired) electrons. The lowest BCUT2D eigenvalue weighted by Gasteiger charge is -2.29. The summed E-state index contributed by atoms with van der Waals surface area (Å²) in [6, 6.07) is 28.0. The molecule has 0 bridgehead atoms. The number of benzene rings is 3. The Morgan fingerprint density at radius 2 is 1.58 bits per heavy atom. The number of halogens is 1. The van der Waals surface area contributed by atoms with Gasteiger partial charge < -0.3 is 15.2 Å². The largest absolute Gasteiger partial charge is 0.330 e. The first-order valence-electron chi connectivity index (χ1n) is 11.6. The van der Waals surface area contributed by atoms with Crippen molar-refractivity contribution in [1.82, 2.24) is 9.47 Å². The lowest BCUT2D eigenvalue weighted by molar-refractivity contribution is 0.0743. The molecule has 7 heteroatoms. The van der Waals surface area contributed by atoms with Crippen molar-refractivity contribution in [2.75, 3.05) is 13.6 Å². The fraction of sp³-hybridized carbons (Fsp3) is 0.241. The van der Waals surface area contributed by atoms with Crippen LogP contribution in [0, 0.1) is 0 Å². The molecule has 190 valence electrons. The van der Waals surface area contributed by atoms with Crippen molar-refractivity contribution in [1.29, 1.82) is 0 Å². The van der Waals surface area contributed by atoms with Crippen molar-refractivity contribution >= 4 is 38.9 Å². The summed E-state index contributed by atoms with van der Waals surface area (Å²) < 4.78 is 3.04. The van der Waals surface area contributed by atoms with Gasteiger partial charge in [-0.1, -0.05) is 84.0 Å². The summed E-state index contributed by atoms with van der Waals surface area (Å²) in [5.41, 5.74) is 9.38. The van der Waals surface area contributed by atoms with Gasteiger partial charge in [0.25, 0.3) is 5.91 Å². The van der Waals surface area contributed by atoms with Crippen LogP contribution in [0.5, 0.6) is 0 Å². The predicted molar refractivity (Wildman–Crippen MR) is 156 cm³/mol. The van der Waals surface area contributed by atoms with Crippen molar-refractivity contribution in [2.24, 2.45) is 10.7 Å². The third-order valence-electron chi connectivity index (χ3n) is 5.84. The molecule has 1 aromatic heterocycles. The maximum absolute atomic E-state index is 13.9. The van der Waals surface area contributed by atoms with Gasteiger partial charge in [-0.15, -0.1) is 11.3 Å². The molecule has 4 rings (SSSR count). The van der Waals surface area contributed by atoms with Gasteiger partial charge in [-0.3, -0.25) is 4.79 Å². The van der Waals surface area contributed by atoms with Crippen LogP contribution in [0.4, 0.5) is 5.69 Å². The fourth-order valence-corrected chi connectivity index (χ4v) is 5.24. The van der Waals surface area contributed by atoms with Crippen LogP contribution in [0.25, 0.3) is 0 Å². The second-order valence-electron chi connectivity index (χ2n) is 8.28. The van der Waals surface area contributed by atoms with E-state index >= 15 is 0 Å². The van der Waals surface area contributed by atoms with Gasteiger partial charge in [-0.25, -0.2) is 4.99 Å². The zero-order valence-corrected chi connectivity index (χ0v) is 22.1. The smallest absolute Gasteiger partial charge is 0.271 e. The van der Waals surface area contributed by atoms with Gasteiger partial charge in [-0.05, 0) is 54.8 Å². The van der Waals surface area contributed by atoms with E-state index in [9.17, 15) is 4.79 Å². The van der Waals surface area contributed by atoms with Crippen molar-refractivity contribution < 1.29 is 6.22 Å². The summed E-state index contributed by atoms with van der Waals surface area (Å²) in [6.45, 7) is 1.31. The van der Waals surface area contributed by atoms with Crippen LogP contribution in [0.3, 0.4) is 0 Å². The number of thiazole rings is 1. The predicted octanol–water partition coefficient (Wildman–Crippen LogP) is 7.03. The van der Waals surface area contributed by atoms with E-state index in [1.54, 1.807) is 0 Å². The molecular formula is C29H35BrN4OS. The van der Waals surface area contributed by atoms with E-state index in [0.29, 0.717) is 18.8 Å². The number of amides is 1. The minimum Gasteiger partial charge on any atom is -0.330 e. The van der Waals surface area contributed by atoms with E-state index in [2.05, 4.69) is 40.2 Å². The van der Waals surface area contributed by atoms with Gasteiger partial charge in [0.15, 0.2) is 4.80 Å². The summed E-state index contributed by atoms with van der Waals surface area (Å²) in [6.07, 6.45) is 1.77. The van der Waals surface area contributed by atoms with Gasteiger partial charge in [0.05, 0.1) is 11.7 Å². The number of aromatic nitrogens is 1. The van der Waals surface area contributed by atoms with E-state index in [1.807, 2.05) is 82.6 Å². The van der Waals surface area contributed by atoms with Gasteiger partial charge in [0.1, 0.15) is 5.69 Å². The first kappa shape index (κ1) is 27.6. The monoisotopic (exact) mass is 566 g/mol. The summed E-state index contributed by atoms with van der Waals surface area (Å²) in [5, 5.41) is 1.92. The zero-order valence-electron chi connectivity index (χ0n) is 19.7. The molecule has 4 aromatic rings. The molecule has 0 aliphatic carbocycles. The number of carbonyl (C=O) groups excluding carboxylic acids is 1. The Morgan fingerprint density at radius 3 is 2.14 bits per heavy atom. The molecule has 0 aliphatic heterocycles. The van der Waals surface area contributed by atoms with Gasteiger partial charge >= 0.3 is 0 Å². The van der Waals surface area contributed by atoms with Gasteiger partial charge in [0, 0.05) is 24.9 Å². The summed E-state index contributed by atoms with van der Waals surface area (Å²) in [7, 11) is 1.88. The second-order valence-corrected chi connectivity index (χ2v) is 10.0. The highest BCUT2D eigenvalue weighted by Crippen LogP contribution is 2.29. The lowest BCUT2D eigenvalue weighted by atomic mass is 9.97. The number of hydrogen-bond acceptors (Lipinski definition) is 4. The van der Waals surface area contributed by atoms with E-state index in [4.69, 9.17) is 10.7 Å². The van der Waals surface area contributed by atoms with Gasteiger partial charge in [-0.2, -0.15) is 0 Å². The number of carbonyl (C=O) groups is 1. The highest BCUT2D eigenvalue weighted by molar-refractivity contribution is 9.10. The first-order chi connectivity index (χ1) is 17.1. The lowest BCUT2D eigenvalue weighted by Crippen LogP contribution is -2.34. The van der Waals surface area contributed by atoms with Crippen LogP contribution >= 0.6 is 27.3 Å². The molecule has 3 aromatic carbocycles. The Hall–Kier alpha value is -3.00. The number of unbranched alkanes of at least 4 members (excludes halogenated alkanes) is 1. The fourth-order valence-electron chi connectivity index (χ4n) is 4.06. The van der Waals surface area contributed by atoms with E-state index in [1.165, 1.54) is 11.3 Å². The second kappa shape index (κ2) is 13.3. The number of nitrogens with two attached hydrogens (primary N) is 1. The van der Waals surface area contributed by atoms with E-state index in [0.717, 1.165) is 38.9 Å². The Kier molecular flexibility index (Phi) is 10.2. The molecule has 0 atom stereocenters. The number of nitrogens with zero attached hydrogens (tertiary/aromatic N) is 3. The van der Waals surface area contributed by atoms with Crippen LogP contribution in [0.1, 0.15) is 49.4 Å².